The summed E-state index contributed by atoms with van der Waals surface area (Å²) in [6.45, 7) is 5.75. The Labute approximate surface area is 134 Å². The van der Waals surface area contributed by atoms with Crippen molar-refractivity contribution < 1.29 is 9.53 Å². The molecule has 1 amide bonds. The second-order valence-electron chi connectivity index (χ2n) is 5.66. The van der Waals surface area contributed by atoms with Crippen LogP contribution in [0.15, 0.2) is 47.9 Å². The van der Waals surface area contributed by atoms with Crippen LogP contribution >= 0.6 is 0 Å². The average Bonchev–Trinajstić information content (AvgIpc) is 3.10. The van der Waals surface area contributed by atoms with Gasteiger partial charge in [-0.3, -0.25) is 9.59 Å². The van der Waals surface area contributed by atoms with Gasteiger partial charge in [0.2, 0.25) is 0 Å². The Morgan fingerprint density at radius 3 is 2.74 bits per heavy atom. The minimum absolute atomic E-state index is 0.000461. The van der Waals surface area contributed by atoms with Gasteiger partial charge in [0, 0.05) is 31.2 Å². The predicted octanol–water partition coefficient (Wildman–Crippen LogP) is 2.19. The Bertz CT molecular complexity index is 788. The van der Waals surface area contributed by atoms with E-state index in [9.17, 15) is 9.59 Å². The number of allylic oxidation sites excluding steroid dienone is 1. The van der Waals surface area contributed by atoms with Crippen LogP contribution in [-0.2, 0) is 11.3 Å². The molecular formula is C18H20N2O3. The largest absolute Gasteiger partial charge is 0.483 e. The van der Waals surface area contributed by atoms with Gasteiger partial charge in [0.05, 0.1) is 5.39 Å². The second kappa shape index (κ2) is 6.69. The van der Waals surface area contributed by atoms with E-state index in [1.165, 1.54) is 0 Å². The summed E-state index contributed by atoms with van der Waals surface area (Å²) in [5, 5.41) is 1.31. The number of nitrogens with zero attached hydrogens (tertiary/aromatic N) is 2. The number of carbonyl (C=O) groups is 1. The molecule has 0 unspecified atom stereocenters. The fourth-order valence-corrected chi connectivity index (χ4v) is 2.90. The first kappa shape index (κ1) is 15.3. The first-order valence-electron chi connectivity index (χ1n) is 7.84. The van der Waals surface area contributed by atoms with Crippen molar-refractivity contribution in [2.24, 2.45) is 0 Å². The molecule has 0 N–H and O–H groups in total. The smallest absolute Gasteiger partial charge is 0.260 e. The second-order valence-corrected chi connectivity index (χ2v) is 5.66. The Hall–Kier alpha value is -2.56. The molecule has 0 atom stereocenters. The third-order valence-electron chi connectivity index (χ3n) is 4.11. The number of rotatable bonds is 5. The topological polar surface area (TPSA) is 51.5 Å². The van der Waals surface area contributed by atoms with E-state index in [1.54, 1.807) is 35.0 Å². The molecule has 23 heavy (non-hydrogen) atoms. The monoisotopic (exact) mass is 312 g/mol. The van der Waals surface area contributed by atoms with E-state index in [2.05, 4.69) is 6.58 Å². The lowest BCUT2D eigenvalue weighted by molar-refractivity contribution is -0.132. The predicted molar refractivity (Wildman–Crippen MR) is 89.7 cm³/mol. The van der Waals surface area contributed by atoms with Gasteiger partial charge in [0.15, 0.2) is 6.61 Å². The maximum absolute atomic E-state index is 12.4. The summed E-state index contributed by atoms with van der Waals surface area (Å²) in [6.07, 6.45) is 5.52. The highest BCUT2D eigenvalue weighted by molar-refractivity contribution is 5.88. The molecule has 0 saturated carbocycles. The summed E-state index contributed by atoms with van der Waals surface area (Å²) in [6, 6.07) is 7.18. The molecule has 1 aliphatic rings. The number of hydrogen-bond donors (Lipinski definition) is 0. The number of fused-ring (bicyclic) bond motifs is 1. The first-order valence-corrected chi connectivity index (χ1v) is 7.84. The van der Waals surface area contributed by atoms with Gasteiger partial charge in [0.1, 0.15) is 5.75 Å². The van der Waals surface area contributed by atoms with Gasteiger partial charge in [0.25, 0.3) is 11.5 Å². The summed E-state index contributed by atoms with van der Waals surface area (Å²) < 4.78 is 7.28. The maximum atomic E-state index is 12.4. The quantitative estimate of drug-likeness (QED) is 0.795. The number of amides is 1. The van der Waals surface area contributed by atoms with Crippen molar-refractivity contribution in [1.82, 2.24) is 9.47 Å². The Morgan fingerprint density at radius 1 is 1.22 bits per heavy atom. The van der Waals surface area contributed by atoms with Crippen molar-refractivity contribution in [2.75, 3.05) is 19.7 Å². The number of ether oxygens (including phenoxy) is 1. The van der Waals surface area contributed by atoms with Crippen molar-refractivity contribution in [3.8, 4) is 5.75 Å². The molecule has 0 spiro atoms. The Kier molecular flexibility index (Phi) is 4.46. The van der Waals surface area contributed by atoms with E-state index in [0.717, 1.165) is 31.3 Å². The van der Waals surface area contributed by atoms with E-state index in [4.69, 9.17) is 4.74 Å². The summed E-state index contributed by atoms with van der Waals surface area (Å²) in [5.74, 6) is 0.567. The zero-order chi connectivity index (χ0) is 16.2. The van der Waals surface area contributed by atoms with E-state index < -0.39 is 0 Å². The van der Waals surface area contributed by atoms with Crippen LogP contribution in [0.2, 0.25) is 0 Å². The third kappa shape index (κ3) is 3.13. The summed E-state index contributed by atoms with van der Waals surface area (Å²) in [7, 11) is 0. The minimum Gasteiger partial charge on any atom is -0.483 e. The molecule has 0 aliphatic carbocycles. The molecule has 120 valence electrons. The van der Waals surface area contributed by atoms with Gasteiger partial charge in [-0.1, -0.05) is 12.1 Å². The van der Waals surface area contributed by atoms with Crippen LogP contribution in [-0.4, -0.2) is 35.1 Å². The van der Waals surface area contributed by atoms with Crippen LogP contribution in [0.25, 0.3) is 10.8 Å². The Morgan fingerprint density at radius 2 is 2.00 bits per heavy atom. The van der Waals surface area contributed by atoms with E-state index in [-0.39, 0.29) is 18.1 Å². The molecule has 2 heterocycles. The first-order chi connectivity index (χ1) is 11.2. The van der Waals surface area contributed by atoms with Crippen LogP contribution in [0.1, 0.15) is 12.8 Å². The Balaban J connectivity index is 1.83. The fraction of sp³-hybridized carbons (Fsp3) is 0.333. The standard InChI is InChI=1S/C18H20N2O3/c1-2-9-20-12-8-14-15(18(20)22)6-5-7-16(14)23-13-17(21)19-10-3-4-11-19/h2,5-8,12H,1,3-4,9-11,13H2. The summed E-state index contributed by atoms with van der Waals surface area (Å²) >= 11 is 0. The van der Waals surface area contributed by atoms with Crippen molar-refractivity contribution in [3.63, 3.8) is 0 Å². The molecule has 1 aromatic heterocycles. The molecule has 0 bridgehead atoms. The van der Waals surface area contributed by atoms with Gasteiger partial charge in [-0.15, -0.1) is 6.58 Å². The maximum Gasteiger partial charge on any atom is 0.260 e. The number of hydrogen-bond acceptors (Lipinski definition) is 3. The highest BCUT2D eigenvalue weighted by Crippen LogP contribution is 2.23. The minimum atomic E-state index is -0.0845. The van der Waals surface area contributed by atoms with Crippen LogP contribution in [0.3, 0.4) is 0 Å². The van der Waals surface area contributed by atoms with Crippen molar-refractivity contribution in [2.45, 2.75) is 19.4 Å². The zero-order valence-corrected chi connectivity index (χ0v) is 13.0. The number of benzene rings is 1. The zero-order valence-electron chi connectivity index (χ0n) is 13.0. The molecule has 1 aromatic carbocycles. The molecular weight excluding hydrogens is 292 g/mol. The molecule has 5 heteroatoms. The fourth-order valence-electron chi connectivity index (χ4n) is 2.90. The molecule has 3 rings (SSSR count). The lowest BCUT2D eigenvalue weighted by atomic mass is 10.1. The van der Waals surface area contributed by atoms with Crippen LogP contribution in [0.4, 0.5) is 0 Å². The third-order valence-corrected chi connectivity index (χ3v) is 4.11. The van der Waals surface area contributed by atoms with Crippen LogP contribution < -0.4 is 10.3 Å². The number of aromatic nitrogens is 1. The van der Waals surface area contributed by atoms with Crippen LogP contribution in [0, 0.1) is 0 Å². The van der Waals surface area contributed by atoms with Crippen LogP contribution in [0.5, 0.6) is 5.75 Å². The number of likely N-dealkylation sites (tertiary alicyclic amines) is 1. The van der Waals surface area contributed by atoms with E-state index in [1.807, 2.05) is 11.0 Å². The lowest BCUT2D eigenvalue weighted by Gasteiger charge is -2.16. The van der Waals surface area contributed by atoms with Gasteiger partial charge < -0.3 is 14.2 Å². The van der Waals surface area contributed by atoms with E-state index in [0.29, 0.717) is 17.7 Å². The number of carbonyl (C=O) groups excluding carboxylic acids is 1. The molecule has 1 saturated heterocycles. The van der Waals surface area contributed by atoms with Gasteiger partial charge >= 0.3 is 0 Å². The van der Waals surface area contributed by atoms with Crippen molar-refractivity contribution >= 4 is 16.7 Å². The summed E-state index contributed by atoms with van der Waals surface area (Å²) in [4.78, 5) is 26.3. The average molecular weight is 312 g/mol. The van der Waals surface area contributed by atoms with Gasteiger partial charge in [-0.25, -0.2) is 0 Å². The molecule has 0 radical (unpaired) electrons. The van der Waals surface area contributed by atoms with Gasteiger partial charge in [-0.2, -0.15) is 0 Å². The SMILES string of the molecule is C=CCn1ccc2c(OCC(=O)N3CCCC3)cccc2c1=O. The summed E-state index contributed by atoms with van der Waals surface area (Å²) in [5.41, 5.74) is -0.0845. The highest BCUT2D eigenvalue weighted by Gasteiger charge is 2.18. The normalized spacial score (nSPS) is 14.2. The molecule has 5 nitrogen and oxygen atoms in total. The highest BCUT2D eigenvalue weighted by atomic mass is 16.5. The molecule has 2 aromatic rings. The number of pyridine rings is 1. The van der Waals surface area contributed by atoms with Gasteiger partial charge in [-0.05, 0) is 31.0 Å². The molecule has 1 aliphatic heterocycles. The van der Waals surface area contributed by atoms with Crippen molar-refractivity contribution in [3.05, 3.63) is 53.5 Å². The van der Waals surface area contributed by atoms with E-state index >= 15 is 0 Å². The van der Waals surface area contributed by atoms with Crippen molar-refractivity contribution in [1.29, 1.82) is 0 Å². The lowest BCUT2D eigenvalue weighted by Crippen LogP contribution is -2.32. The molecule has 1 fully saturated rings.